The van der Waals surface area contributed by atoms with Gasteiger partial charge in [0.05, 0.1) is 10.6 Å². The van der Waals surface area contributed by atoms with Gasteiger partial charge in [-0.3, -0.25) is 0 Å². The fourth-order valence-corrected chi connectivity index (χ4v) is 6.01. The van der Waals surface area contributed by atoms with E-state index in [1.165, 1.54) is 12.8 Å². The average molecular weight is 400 g/mol. The number of nitrogens with zero attached hydrogens (tertiary/aromatic N) is 3. The van der Waals surface area contributed by atoms with Crippen LogP contribution in [0.15, 0.2) is 24.4 Å². The molecule has 7 heteroatoms. The molecule has 0 aliphatic carbocycles. The van der Waals surface area contributed by atoms with E-state index in [4.69, 9.17) is 4.98 Å². The molecule has 3 N–H and O–H groups in total. The van der Waals surface area contributed by atoms with Crippen LogP contribution in [0.4, 0.5) is 5.95 Å². The van der Waals surface area contributed by atoms with Crippen LogP contribution in [0.1, 0.15) is 43.4 Å². The van der Waals surface area contributed by atoms with Gasteiger partial charge in [-0.1, -0.05) is 0 Å². The first kappa shape index (κ1) is 18.5. The molecule has 150 valence electrons. The number of hydrogen-bond donors (Lipinski definition) is 3. The van der Waals surface area contributed by atoms with Crippen molar-refractivity contribution in [3.63, 3.8) is 0 Å². The van der Waals surface area contributed by atoms with Crippen molar-refractivity contribution in [2.75, 3.05) is 25.5 Å². The van der Waals surface area contributed by atoms with Gasteiger partial charge in [-0.15, -0.1) is 11.3 Å². The van der Waals surface area contributed by atoms with Crippen molar-refractivity contribution in [3.8, 4) is 10.6 Å². The molecule has 6 nitrogen and oxygen atoms in total. The van der Waals surface area contributed by atoms with Crippen LogP contribution in [0.5, 0.6) is 0 Å². The van der Waals surface area contributed by atoms with Gasteiger partial charge in [0.2, 0.25) is 5.95 Å². The summed E-state index contributed by atoms with van der Waals surface area (Å²) in [7, 11) is 2.11. The van der Waals surface area contributed by atoms with E-state index >= 15 is 0 Å². The Labute approximate surface area is 170 Å². The molecular weight excluding hydrogens is 370 g/mol. The largest absolute Gasteiger partial charge is 0.384 e. The van der Waals surface area contributed by atoms with Crippen LogP contribution in [-0.2, 0) is 5.60 Å². The molecule has 0 amide bonds. The number of likely N-dealkylation sites (tertiary alicyclic amines) is 1. The van der Waals surface area contributed by atoms with Gasteiger partial charge in [0, 0.05) is 42.3 Å². The van der Waals surface area contributed by atoms with Crippen LogP contribution >= 0.6 is 11.3 Å². The number of piperidine rings is 2. The quantitative estimate of drug-likeness (QED) is 0.734. The average Bonchev–Trinajstić information content (AvgIpc) is 3.32. The first-order valence-electron chi connectivity index (χ1n) is 10.4. The number of fused-ring (bicyclic) bond motifs is 2. The molecule has 2 bridgehead atoms. The number of thiophene rings is 1. The van der Waals surface area contributed by atoms with Crippen molar-refractivity contribution in [1.82, 2.24) is 20.2 Å². The van der Waals surface area contributed by atoms with Gasteiger partial charge in [0.1, 0.15) is 5.60 Å². The van der Waals surface area contributed by atoms with Crippen LogP contribution in [-0.4, -0.2) is 58.2 Å². The fraction of sp³-hybridized carbons (Fsp3) is 0.619. The maximum atomic E-state index is 11.1. The third-order valence-electron chi connectivity index (χ3n) is 6.59. The molecule has 0 radical (unpaired) electrons. The normalized spacial score (nSPS) is 29.7. The van der Waals surface area contributed by atoms with Crippen molar-refractivity contribution >= 4 is 17.3 Å². The van der Waals surface area contributed by atoms with Crippen LogP contribution in [0, 0.1) is 0 Å². The lowest BCUT2D eigenvalue weighted by atomic mass is 9.90. The zero-order valence-electron chi connectivity index (χ0n) is 16.4. The highest BCUT2D eigenvalue weighted by atomic mass is 32.1. The summed E-state index contributed by atoms with van der Waals surface area (Å²) in [6, 6.07) is 7.88. The van der Waals surface area contributed by atoms with Gasteiger partial charge in [-0.05, 0) is 63.8 Å². The topological polar surface area (TPSA) is 73.3 Å². The van der Waals surface area contributed by atoms with Crippen molar-refractivity contribution < 1.29 is 5.11 Å². The second-order valence-corrected chi connectivity index (χ2v) is 9.80. The first-order chi connectivity index (χ1) is 13.6. The summed E-state index contributed by atoms with van der Waals surface area (Å²) in [6.07, 6.45) is 8.30. The molecule has 3 aliphatic heterocycles. The molecule has 3 saturated heterocycles. The maximum Gasteiger partial charge on any atom is 0.223 e. The minimum Gasteiger partial charge on any atom is -0.384 e. The van der Waals surface area contributed by atoms with Crippen molar-refractivity contribution in [1.29, 1.82) is 0 Å². The lowest BCUT2D eigenvalue weighted by molar-refractivity contribution is -0.0172. The summed E-state index contributed by atoms with van der Waals surface area (Å²) in [4.78, 5) is 13.7. The molecule has 0 spiro atoms. The molecule has 3 fully saturated rings. The van der Waals surface area contributed by atoms with Crippen molar-refractivity contribution in [2.24, 2.45) is 0 Å². The van der Waals surface area contributed by atoms with Gasteiger partial charge in [-0.25, -0.2) is 9.97 Å². The molecule has 0 aromatic carbocycles. The number of aromatic nitrogens is 2. The number of anilines is 1. The molecule has 2 atom stereocenters. The summed E-state index contributed by atoms with van der Waals surface area (Å²) in [5.74, 6) is 0.719. The number of rotatable bonds is 4. The van der Waals surface area contributed by atoms with Crippen molar-refractivity contribution in [3.05, 3.63) is 29.3 Å². The van der Waals surface area contributed by atoms with Crippen LogP contribution in [0.25, 0.3) is 10.6 Å². The highest BCUT2D eigenvalue weighted by molar-refractivity contribution is 7.15. The highest BCUT2D eigenvalue weighted by Gasteiger charge is 2.35. The third kappa shape index (κ3) is 3.68. The van der Waals surface area contributed by atoms with Crippen LogP contribution in [0.2, 0.25) is 0 Å². The van der Waals surface area contributed by atoms with Gasteiger partial charge in [0.15, 0.2) is 0 Å². The Morgan fingerprint density at radius 3 is 2.68 bits per heavy atom. The van der Waals surface area contributed by atoms with Gasteiger partial charge >= 0.3 is 0 Å². The van der Waals surface area contributed by atoms with Gasteiger partial charge in [-0.2, -0.15) is 0 Å². The lowest BCUT2D eigenvalue weighted by Crippen LogP contribution is -2.43. The molecule has 2 unspecified atom stereocenters. The predicted octanol–water partition coefficient (Wildman–Crippen LogP) is 2.81. The van der Waals surface area contributed by atoms with Crippen LogP contribution in [0.3, 0.4) is 0 Å². The highest BCUT2D eigenvalue weighted by Crippen LogP contribution is 2.39. The minimum absolute atomic E-state index is 0.452. The molecule has 5 heterocycles. The maximum absolute atomic E-state index is 11.1. The standard InChI is InChI=1S/C21H29N5OS/c1-26-10-7-21(27,8-11-26)19-5-4-18(28-19)17-6-9-22-20(25-17)24-16-12-14-2-3-15(13-16)23-14/h4-6,9,14-16,23,27H,2-3,7-8,10-13H2,1H3,(H,22,24,25). The molecule has 2 aromatic heterocycles. The minimum atomic E-state index is -0.697. The van der Waals surface area contributed by atoms with Gasteiger partial charge in [0.25, 0.3) is 0 Å². The van der Waals surface area contributed by atoms with E-state index in [-0.39, 0.29) is 0 Å². The Balaban J connectivity index is 1.31. The zero-order valence-corrected chi connectivity index (χ0v) is 17.2. The second kappa shape index (κ2) is 7.37. The van der Waals surface area contributed by atoms with E-state index in [1.54, 1.807) is 11.3 Å². The lowest BCUT2D eigenvalue weighted by Gasteiger charge is -2.35. The van der Waals surface area contributed by atoms with E-state index < -0.39 is 5.60 Å². The smallest absolute Gasteiger partial charge is 0.223 e. The summed E-state index contributed by atoms with van der Waals surface area (Å²) in [5, 5.41) is 18.3. The summed E-state index contributed by atoms with van der Waals surface area (Å²) in [5.41, 5.74) is 0.236. The zero-order chi connectivity index (χ0) is 19.1. The fourth-order valence-electron chi connectivity index (χ4n) is 4.88. The van der Waals surface area contributed by atoms with E-state index in [2.05, 4.69) is 39.7 Å². The Bertz CT molecular complexity index is 820. The monoisotopic (exact) mass is 399 g/mol. The summed E-state index contributed by atoms with van der Waals surface area (Å²) in [6.45, 7) is 1.87. The van der Waals surface area contributed by atoms with Crippen molar-refractivity contribution in [2.45, 2.75) is 62.3 Å². The Morgan fingerprint density at radius 1 is 1.18 bits per heavy atom. The van der Waals surface area contributed by atoms with Crippen LogP contribution < -0.4 is 10.6 Å². The molecular formula is C21H29N5OS. The Hall–Kier alpha value is -1.54. The summed E-state index contributed by atoms with van der Waals surface area (Å²) >= 11 is 1.66. The second-order valence-electron chi connectivity index (χ2n) is 8.71. The molecule has 5 rings (SSSR count). The number of nitrogens with one attached hydrogen (secondary N) is 2. The third-order valence-corrected chi connectivity index (χ3v) is 7.89. The Kier molecular flexibility index (Phi) is 4.87. The van der Waals surface area contributed by atoms with E-state index in [0.717, 1.165) is 60.2 Å². The number of aliphatic hydroxyl groups is 1. The van der Waals surface area contributed by atoms with Gasteiger partial charge < -0.3 is 20.6 Å². The molecule has 0 saturated carbocycles. The SMILES string of the molecule is CN1CCC(O)(c2ccc(-c3ccnc(NC4CC5CCC(C4)N5)n3)s2)CC1. The molecule has 28 heavy (non-hydrogen) atoms. The Morgan fingerprint density at radius 2 is 1.93 bits per heavy atom. The summed E-state index contributed by atoms with van der Waals surface area (Å²) < 4.78 is 0. The first-order valence-corrected chi connectivity index (χ1v) is 11.3. The van der Waals surface area contributed by atoms with E-state index in [1.807, 2.05) is 12.3 Å². The van der Waals surface area contributed by atoms with E-state index in [9.17, 15) is 5.11 Å². The predicted molar refractivity (Wildman–Crippen MR) is 113 cm³/mol. The molecule has 3 aliphatic rings. The van der Waals surface area contributed by atoms with E-state index in [0.29, 0.717) is 18.1 Å². The molecule has 2 aromatic rings. The number of hydrogen-bond acceptors (Lipinski definition) is 7.